The molecular formula is C18H26N2O4. The number of anilines is 1. The minimum Gasteiger partial charge on any atom is -0.444 e. The predicted molar refractivity (Wildman–Crippen MR) is 91.7 cm³/mol. The van der Waals surface area contributed by atoms with E-state index in [9.17, 15) is 9.59 Å². The monoisotopic (exact) mass is 334 g/mol. The Hall–Kier alpha value is -2.08. The molecule has 2 rings (SSSR count). The molecule has 1 aliphatic heterocycles. The molecule has 1 aliphatic rings. The predicted octanol–water partition coefficient (Wildman–Crippen LogP) is 3.17. The number of carbonyl (C=O) groups is 2. The summed E-state index contributed by atoms with van der Waals surface area (Å²) in [4.78, 5) is 25.6. The second-order valence-corrected chi connectivity index (χ2v) is 7.03. The Labute approximate surface area is 143 Å². The molecular weight excluding hydrogens is 308 g/mol. The van der Waals surface area contributed by atoms with Crippen LogP contribution < -0.4 is 5.32 Å². The molecule has 2 amide bonds. The zero-order valence-electron chi connectivity index (χ0n) is 14.8. The van der Waals surface area contributed by atoms with E-state index in [1.54, 1.807) is 7.05 Å². The third-order valence-electron chi connectivity index (χ3n) is 3.54. The van der Waals surface area contributed by atoms with Crippen molar-refractivity contribution in [2.75, 3.05) is 19.0 Å². The molecule has 1 atom stereocenters. The highest BCUT2D eigenvalue weighted by Crippen LogP contribution is 2.17. The lowest BCUT2D eigenvalue weighted by molar-refractivity contribution is -0.124. The van der Waals surface area contributed by atoms with Crippen molar-refractivity contribution < 1.29 is 19.1 Å². The fourth-order valence-corrected chi connectivity index (χ4v) is 2.43. The van der Waals surface area contributed by atoms with Crippen LogP contribution in [-0.4, -0.2) is 42.3 Å². The van der Waals surface area contributed by atoms with E-state index >= 15 is 0 Å². The molecule has 1 N–H and O–H groups in total. The van der Waals surface area contributed by atoms with Gasteiger partial charge in [-0.25, -0.2) is 4.79 Å². The quantitative estimate of drug-likeness (QED) is 0.918. The second kappa shape index (κ2) is 7.66. The van der Waals surface area contributed by atoms with Crippen LogP contribution in [0.25, 0.3) is 0 Å². The van der Waals surface area contributed by atoms with E-state index in [-0.39, 0.29) is 18.1 Å². The summed E-state index contributed by atoms with van der Waals surface area (Å²) in [6.45, 7) is 6.54. The zero-order chi connectivity index (χ0) is 17.7. The number of ether oxygens (including phenoxy) is 2. The Kier molecular flexibility index (Phi) is 5.83. The summed E-state index contributed by atoms with van der Waals surface area (Å²) in [6.07, 6.45) is 0.931. The molecule has 0 aliphatic carbocycles. The van der Waals surface area contributed by atoms with Crippen molar-refractivity contribution in [3.05, 3.63) is 29.8 Å². The Morgan fingerprint density at radius 1 is 1.38 bits per heavy atom. The van der Waals surface area contributed by atoms with Gasteiger partial charge in [0, 0.05) is 25.9 Å². The number of carbonyl (C=O) groups excluding carboxylic acids is 2. The lowest BCUT2D eigenvalue weighted by Crippen LogP contribution is -2.33. The topological polar surface area (TPSA) is 67.9 Å². The van der Waals surface area contributed by atoms with Gasteiger partial charge < -0.3 is 19.7 Å². The summed E-state index contributed by atoms with van der Waals surface area (Å²) in [7, 11) is 1.69. The second-order valence-electron chi connectivity index (χ2n) is 7.03. The number of hydrogen-bond acceptors (Lipinski definition) is 4. The van der Waals surface area contributed by atoms with Crippen LogP contribution >= 0.6 is 0 Å². The SMILES string of the molecule is CN(Cc1cccc(NC(=O)[C@H]2CCCO2)c1)C(=O)OC(C)(C)C. The summed E-state index contributed by atoms with van der Waals surface area (Å²) in [5.41, 5.74) is 1.08. The van der Waals surface area contributed by atoms with Gasteiger partial charge in [-0.2, -0.15) is 0 Å². The number of nitrogens with one attached hydrogen (secondary N) is 1. The van der Waals surface area contributed by atoms with Crippen LogP contribution in [0.2, 0.25) is 0 Å². The van der Waals surface area contributed by atoms with Crippen LogP contribution in [0.4, 0.5) is 10.5 Å². The van der Waals surface area contributed by atoms with Gasteiger partial charge in [0.2, 0.25) is 0 Å². The fraction of sp³-hybridized carbons (Fsp3) is 0.556. The largest absolute Gasteiger partial charge is 0.444 e. The van der Waals surface area contributed by atoms with Gasteiger partial charge in [0.1, 0.15) is 11.7 Å². The Morgan fingerprint density at radius 3 is 2.75 bits per heavy atom. The maximum atomic E-state index is 12.1. The van der Waals surface area contributed by atoms with Crippen LogP contribution in [0, 0.1) is 0 Å². The molecule has 6 nitrogen and oxygen atoms in total. The minimum absolute atomic E-state index is 0.120. The van der Waals surface area contributed by atoms with Gasteiger partial charge in [0.25, 0.3) is 5.91 Å². The molecule has 6 heteroatoms. The van der Waals surface area contributed by atoms with Crippen LogP contribution in [0.1, 0.15) is 39.2 Å². The normalized spacial score (nSPS) is 17.4. The fourth-order valence-electron chi connectivity index (χ4n) is 2.43. The third kappa shape index (κ3) is 5.53. The van der Waals surface area contributed by atoms with Crippen molar-refractivity contribution in [2.24, 2.45) is 0 Å². The van der Waals surface area contributed by atoms with Crippen molar-refractivity contribution in [3.8, 4) is 0 Å². The number of nitrogens with zero attached hydrogens (tertiary/aromatic N) is 1. The first-order valence-corrected chi connectivity index (χ1v) is 8.20. The molecule has 0 bridgehead atoms. The molecule has 1 aromatic carbocycles. The molecule has 0 unspecified atom stereocenters. The van der Waals surface area contributed by atoms with Gasteiger partial charge in [0.05, 0.1) is 0 Å². The van der Waals surface area contributed by atoms with Crippen LogP contribution in [-0.2, 0) is 20.8 Å². The smallest absolute Gasteiger partial charge is 0.410 e. The van der Waals surface area contributed by atoms with Gasteiger partial charge in [-0.3, -0.25) is 4.79 Å². The van der Waals surface area contributed by atoms with E-state index in [1.165, 1.54) is 4.90 Å². The Bertz CT molecular complexity index is 589. The molecule has 0 radical (unpaired) electrons. The van der Waals surface area contributed by atoms with Gasteiger partial charge in [-0.05, 0) is 51.3 Å². The number of hydrogen-bond donors (Lipinski definition) is 1. The highest BCUT2D eigenvalue weighted by atomic mass is 16.6. The van der Waals surface area contributed by atoms with Crippen molar-refractivity contribution in [1.82, 2.24) is 4.90 Å². The lowest BCUT2D eigenvalue weighted by atomic mass is 10.1. The van der Waals surface area contributed by atoms with Crippen molar-refractivity contribution in [1.29, 1.82) is 0 Å². The molecule has 0 saturated carbocycles. The highest BCUT2D eigenvalue weighted by molar-refractivity contribution is 5.94. The molecule has 0 aromatic heterocycles. The van der Waals surface area contributed by atoms with E-state index in [2.05, 4.69) is 5.32 Å². The van der Waals surface area contributed by atoms with Crippen molar-refractivity contribution in [3.63, 3.8) is 0 Å². The number of amides is 2. The van der Waals surface area contributed by atoms with Crippen molar-refractivity contribution >= 4 is 17.7 Å². The van der Waals surface area contributed by atoms with Gasteiger partial charge in [0.15, 0.2) is 0 Å². The van der Waals surface area contributed by atoms with E-state index < -0.39 is 5.60 Å². The molecule has 24 heavy (non-hydrogen) atoms. The Balaban J connectivity index is 1.94. The molecule has 1 saturated heterocycles. The highest BCUT2D eigenvalue weighted by Gasteiger charge is 2.23. The van der Waals surface area contributed by atoms with E-state index in [0.29, 0.717) is 18.8 Å². The average molecular weight is 334 g/mol. The van der Waals surface area contributed by atoms with E-state index in [0.717, 1.165) is 18.4 Å². The van der Waals surface area contributed by atoms with Gasteiger partial charge in [-0.15, -0.1) is 0 Å². The number of benzene rings is 1. The first-order valence-electron chi connectivity index (χ1n) is 8.20. The van der Waals surface area contributed by atoms with E-state index in [4.69, 9.17) is 9.47 Å². The molecule has 132 valence electrons. The summed E-state index contributed by atoms with van der Waals surface area (Å²) in [6, 6.07) is 7.43. The van der Waals surface area contributed by atoms with Crippen LogP contribution in [0.3, 0.4) is 0 Å². The first-order chi connectivity index (χ1) is 11.2. The molecule has 1 aromatic rings. The average Bonchev–Trinajstić information content (AvgIpc) is 3.00. The van der Waals surface area contributed by atoms with Crippen molar-refractivity contribution in [2.45, 2.75) is 51.9 Å². The Morgan fingerprint density at radius 2 is 2.12 bits per heavy atom. The summed E-state index contributed by atoms with van der Waals surface area (Å²) in [5.74, 6) is -0.120. The van der Waals surface area contributed by atoms with E-state index in [1.807, 2.05) is 45.0 Å². The van der Waals surface area contributed by atoms with Crippen LogP contribution in [0.5, 0.6) is 0 Å². The maximum absolute atomic E-state index is 12.1. The molecule has 0 spiro atoms. The first kappa shape index (κ1) is 18.3. The number of rotatable bonds is 4. The minimum atomic E-state index is -0.525. The third-order valence-corrected chi connectivity index (χ3v) is 3.54. The maximum Gasteiger partial charge on any atom is 0.410 e. The summed E-state index contributed by atoms with van der Waals surface area (Å²) in [5, 5.41) is 2.87. The summed E-state index contributed by atoms with van der Waals surface area (Å²) < 4.78 is 10.7. The zero-order valence-corrected chi connectivity index (χ0v) is 14.8. The standard InChI is InChI=1S/C18H26N2O4/c1-18(2,3)24-17(22)20(4)12-13-7-5-8-14(11-13)19-16(21)15-9-6-10-23-15/h5,7-8,11,15H,6,9-10,12H2,1-4H3,(H,19,21)/t15-/m1/s1. The molecule has 1 fully saturated rings. The molecule has 1 heterocycles. The lowest BCUT2D eigenvalue weighted by Gasteiger charge is -2.24. The van der Waals surface area contributed by atoms with Crippen LogP contribution in [0.15, 0.2) is 24.3 Å². The van der Waals surface area contributed by atoms with Gasteiger partial charge >= 0.3 is 6.09 Å². The van der Waals surface area contributed by atoms with Gasteiger partial charge in [-0.1, -0.05) is 12.1 Å². The summed E-state index contributed by atoms with van der Waals surface area (Å²) >= 11 is 0.